The van der Waals surface area contributed by atoms with E-state index in [2.05, 4.69) is 0 Å². The minimum Gasteiger partial charge on any atom is -0.268 e. The fourth-order valence-electron chi connectivity index (χ4n) is 2.15. The largest absolute Gasteiger partial charge is 0.417 e. The second-order valence-electron chi connectivity index (χ2n) is 5.02. The zero-order valence-corrected chi connectivity index (χ0v) is 16.0. The topological polar surface area (TPSA) is 54.5 Å². The molecule has 0 saturated heterocycles. The van der Waals surface area contributed by atoms with Gasteiger partial charge in [0.15, 0.2) is 0 Å². The summed E-state index contributed by atoms with van der Waals surface area (Å²) in [4.78, 5) is 12.4. The van der Waals surface area contributed by atoms with E-state index in [9.17, 15) is 26.4 Å². The molecule has 4 nitrogen and oxygen atoms in total. The summed E-state index contributed by atoms with van der Waals surface area (Å²) in [5.41, 5.74) is -2.02. The van der Waals surface area contributed by atoms with Gasteiger partial charge in [-0.3, -0.25) is 4.79 Å². The molecule has 0 radical (unpaired) electrons. The average molecular weight is 493 g/mol. The van der Waals surface area contributed by atoms with Gasteiger partial charge in [-0.2, -0.15) is 13.2 Å². The monoisotopic (exact) mass is 493 g/mol. The molecule has 2 aromatic rings. The Morgan fingerprint density at radius 2 is 1.81 bits per heavy atom. The maximum Gasteiger partial charge on any atom is 0.417 e. The Morgan fingerprint density at radius 1 is 1.15 bits per heavy atom. The Balaban J connectivity index is 2.59. The van der Waals surface area contributed by atoms with Crippen LogP contribution < -0.4 is 0 Å². The summed E-state index contributed by atoms with van der Waals surface area (Å²) in [7, 11) is -4.43. The van der Waals surface area contributed by atoms with Gasteiger partial charge in [-0.25, -0.2) is 12.7 Å². The first-order valence-electron chi connectivity index (χ1n) is 7.01. The van der Waals surface area contributed by atoms with Crippen LogP contribution >= 0.6 is 22.6 Å². The molecule has 0 aliphatic carbocycles. The van der Waals surface area contributed by atoms with Crippen LogP contribution in [0.5, 0.6) is 0 Å². The summed E-state index contributed by atoms with van der Waals surface area (Å²) in [5.74, 6) is 0.672. The minimum atomic E-state index is -4.82. The quantitative estimate of drug-likeness (QED) is 0.482. The van der Waals surface area contributed by atoms with Crippen LogP contribution in [0.3, 0.4) is 0 Å². The number of alkyl halides is 3. The second kappa shape index (κ2) is 7.67. The van der Waals surface area contributed by atoms with E-state index in [1.165, 1.54) is 24.3 Å². The Morgan fingerprint density at radius 3 is 2.38 bits per heavy atom. The number of carbonyl (C=O) groups is 1. The number of amides is 1. The van der Waals surface area contributed by atoms with Crippen molar-refractivity contribution >= 4 is 38.5 Å². The Labute approximate surface area is 162 Å². The molecule has 0 N–H and O–H groups in total. The predicted molar refractivity (Wildman–Crippen MR) is 97.7 cm³/mol. The molecule has 2 rings (SSSR count). The first-order valence-corrected chi connectivity index (χ1v) is 9.53. The minimum absolute atomic E-state index is 0.238. The van der Waals surface area contributed by atoms with Crippen molar-refractivity contribution in [2.45, 2.75) is 11.1 Å². The van der Waals surface area contributed by atoms with Gasteiger partial charge < -0.3 is 0 Å². The molecule has 0 fully saturated rings. The zero-order valence-electron chi connectivity index (χ0n) is 13.0. The van der Waals surface area contributed by atoms with E-state index in [4.69, 9.17) is 6.42 Å². The number of sulfonamides is 1. The van der Waals surface area contributed by atoms with Crippen LogP contribution in [0, 0.1) is 15.9 Å². The summed E-state index contributed by atoms with van der Waals surface area (Å²) in [6, 6.07) is 9.57. The van der Waals surface area contributed by atoms with Crippen molar-refractivity contribution in [2.75, 3.05) is 6.54 Å². The van der Waals surface area contributed by atoms with Crippen molar-refractivity contribution in [3.63, 3.8) is 0 Å². The van der Waals surface area contributed by atoms with Gasteiger partial charge in [0.2, 0.25) is 0 Å². The number of hydrogen-bond donors (Lipinski definition) is 0. The molecule has 0 heterocycles. The summed E-state index contributed by atoms with van der Waals surface area (Å²) in [5, 5.41) is 0. The van der Waals surface area contributed by atoms with Crippen molar-refractivity contribution in [3.05, 3.63) is 63.2 Å². The highest BCUT2D eigenvalue weighted by Gasteiger charge is 2.38. The van der Waals surface area contributed by atoms with Crippen LogP contribution in [0.25, 0.3) is 0 Å². The van der Waals surface area contributed by atoms with E-state index in [0.29, 0.717) is 9.64 Å². The van der Waals surface area contributed by atoms with Crippen LogP contribution in [0.4, 0.5) is 13.2 Å². The summed E-state index contributed by atoms with van der Waals surface area (Å²) in [6.07, 6.45) is 0.322. The molecule has 1 amide bonds. The number of benzene rings is 2. The van der Waals surface area contributed by atoms with E-state index >= 15 is 0 Å². The van der Waals surface area contributed by atoms with Crippen LogP contribution in [-0.2, 0) is 16.2 Å². The molecule has 0 saturated carbocycles. The molecule has 0 aromatic heterocycles. The molecule has 0 aliphatic heterocycles. The van der Waals surface area contributed by atoms with Crippen LogP contribution in [0.15, 0.2) is 53.4 Å². The fourth-order valence-corrected chi connectivity index (χ4v) is 4.25. The van der Waals surface area contributed by atoms with E-state index < -0.39 is 39.8 Å². The molecule has 9 heteroatoms. The molecule has 136 valence electrons. The summed E-state index contributed by atoms with van der Waals surface area (Å²) >= 11 is 1.88. The number of carbonyl (C=O) groups excluding carboxylic acids is 1. The van der Waals surface area contributed by atoms with Gasteiger partial charge >= 0.3 is 6.18 Å². The number of terminal acetylenes is 1. The number of halogens is 4. The SMILES string of the molecule is C#CCN(C(=O)c1ccccc1C(F)(F)F)S(=O)(=O)c1cccc(I)c1. The first kappa shape index (κ1) is 20.3. The zero-order chi connectivity index (χ0) is 19.5. The number of nitrogens with zero attached hydrogens (tertiary/aromatic N) is 1. The van der Waals surface area contributed by atoms with Gasteiger partial charge in [0.1, 0.15) is 0 Å². The van der Waals surface area contributed by atoms with Gasteiger partial charge in [0.25, 0.3) is 15.9 Å². The maximum atomic E-state index is 13.2. The van der Waals surface area contributed by atoms with Crippen LogP contribution in [-0.4, -0.2) is 25.2 Å². The third-order valence-electron chi connectivity index (χ3n) is 3.31. The van der Waals surface area contributed by atoms with E-state index in [1.807, 2.05) is 28.5 Å². The highest BCUT2D eigenvalue weighted by atomic mass is 127. The highest BCUT2D eigenvalue weighted by molar-refractivity contribution is 14.1. The normalized spacial score (nSPS) is 11.7. The number of hydrogen-bond acceptors (Lipinski definition) is 3. The lowest BCUT2D eigenvalue weighted by atomic mass is 10.1. The van der Waals surface area contributed by atoms with Gasteiger partial charge in [0.05, 0.1) is 22.6 Å². The lowest BCUT2D eigenvalue weighted by Crippen LogP contribution is -2.38. The third kappa shape index (κ3) is 4.19. The molecule has 26 heavy (non-hydrogen) atoms. The standard InChI is InChI=1S/C17H11F3INO3S/c1-2-10-22(26(24,25)13-7-5-6-12(21)11-13)16(23)14-8-3-4-9-15(14)17(18,19)20/h1,3-9,11H,10H2. The predicted octanol–water partition coefficient (Wildman–Crippen LogP) is 3.77. The fraction of sp³-hybridized carbons (Fsp3) is 0.118. The molecule has 2 aromatic carbocycles. The highest BCUT2D eigenvalue weighted by Crippen LogP contribution is 2.33. The molecule has 0 bridgehead atoms. The first-order chi connectivity index (χ1) is 12.1. The van der Waals surface area contributed by atoms with Crippen molar-refractivity contribution in [2.24, 2.45) is 0 Å². The lowest BCUT2D eigenvalue weighted by Gasteiger charge is -2.22. The van der Waals surface area contributed by atoms with Crippen molar-refractivity contribution in [1.82, 2.24) is 4.31 Å². The molecule has 0 spiro atoms. The van der Waals surface area contributed by atoms with Crippen molar-refractivity contribution in [3.8, 4) is 12.3 Å². The second-order valence-corrected chi connectivity index (χ2v) is 8.13. The van der Waals surface area contributed by atoms with E-state index in [0.717, 1.165) is 12.1 Å². The van der Waals surface area contributed by atoms with Crippen molar-refractivity contribution < 1.29 is 26.4 Å². The van der Waals surface area contributed by atoms with Crippen LogP contribution in [0.1, 0.15) is 15.9 Å². The Hall–Kier alpha value is -2.06. The molecule has 0 aliphatic rings. The molecular weight excluding hydrogens is 482 g/mol. The summed E-state index contributed by atoms with van der Waals surface area (Å²) in [6.45, 7) is -0.696. The van der Waals surface area contributed by atoms with E-state index in [1.54, 1.807) is 6.07 Å². The Bertz CT molecular complexity index is 981. The van der Waals surface area contributed by atoms with Gasteiger partial charge in [0, 0.05) is 3.57 Å². The molecular formula is C17H11F3INO3S. The van der Waals surface area contributed by atoms with Crippen molar-refractivity contribution in [1.29, 1.82) is 0 Å². The number of rotatable bonds is 4. The lowest BCUT2D eigenvalue weighted by molar-refractivity contribution is -0.138. The maximum absolute atomic E-state index is 13.2. The van der Waals surface area contributed by atoms with Crippen LogP contribution in [0.2, 0.25) is 0 Å². The smallest absolute Gasteiger partial charge is 0.268 e. The molecule has 0 unspecified atom stereocenters. The molecule has 0 atom stereocenters. The average Bonchev–Trinajstić information content (AvgIpc) is 2.58. The van der Waals surface area contributed by atoms with Gasteiger partial charge in [-0.15, -0.1) is 6.42 Å². The van der Waals surface area contributed by atoms with Gasteiger partial charge in [-0.1, -0.05) is 24.1 Å². The van der Waals surface area contributed by atoms with Gasteiger partial charge in [-0.05, 0) is 52.9 Å². The third-order valence-corrected chi connectivity index (χ3v) is 5.70. The summed E-state index contributed by atoms with van der Waals surface area (Å²) < 4.78 is 65.9. The van der Waals surface area contributed by atoms with E-state index in [-0.39, 0.29) is 9.20 Å². The Kier molecular flexibility index (Phi) is 5.98.